The third-order valence-electron chi connectivity index (χ3n) is 8.37. The Morgan fingerprint density at radius 2 is 1.78 bits per heavy atom. The number of imidazole rings is 1. The van der Waals surface area contributed by atoms with Crippen LogP contribution in [0.3, 0.4) is 0 Å². The molecule has 11 nitrogen and oxygen atoms in total. The minimum absolute atomic E-state index is 0.0480. The molecule has 0 radical (unpaired) electrons. The molecule has 11 heteroatoms. The summed E-state index contributed by atoms with van der Waals surface area (Å²) in [6.07, 6.45) is 5.59. The van der Waals surface area contributed by atoms with Crippen molar-refractivity contribution in [3.8, 4) is 11.1 Å². The third-order valence-corrected chi connectivity index (χ3v) is 8.37. The van der Waals surface area contributed by atoms with Gasteiger partial charge >= 0.3 is 0 Å². The van der Waals surface area contributed by atoms with Crippen molar-refractivity contribution in [2.24, 2.45) is 0 Å². The second kappa shape index (κ2) is 13.8. The van der Waals surface area contributed by atoms with Gasteiger partial charge in [0.25, 0.3) is 17.8 Å². The second-order valence-electron chi connectivity index (χ2n) is 11.6. The van der Waals surface area contributed by atoms with Gasteiger partial charge in [0.2, 0.25) is 0 Å². The highest BCUT2D eigenvalue weighted by Gasteiger charge is 2.18. The Morgan fingerprint density at radius 3 is 2.53 bits per heavy atom. The zero-order chi connectivity index (χ0) is 31.2. The first-order valence-corrected chi connectivity index (χ1v) is 15.7. The lowest BCUT2D eigenvalue weighted by Gasteiger charge is -2.26. The summed E-state index contributed by atoms with van der Waals surface area (Å²) < 4.78 is 2.23. The van der Waals surface area contributed by atoms with Gasteiger partial charge in [0.1, 0.15) is 5.82 Å². The van der Waals surface area contributed by atoms with Crippen LogP contribution in [0.15, 0.2) is 60.7 Å². The Hall–Kier alpha value is -4.90. The summed E-state index contributed by atoms with van der Waals surface area (Å²) in [5.74, 6) is 0.764. The lowest BCUT2D eigenvalue weighted by Crippen LogP contribution is -2.37. The Bertz CT molecular complexity index is 1770. The van der Waals surface area contributed by atoms with Crippen LogP contribution in [-0.2, 0) is 13.0 Å². The van der Waals surface area contributed by atoms with Gasteiger partial charge in [-0.05, 0) is 84.9 Å². The van der Waals surface area contributed by atoms with Crippen molar-refractivity contribution in [1.82, 2.24) is 40.4 Å². The van der Waals surface area contributed by atoms with Crippen molar-refractivity contribution >= 4 is 28.8 Å². The van der Waals surface area contributed by atoms with Gasteiger partial charge in [-0.25, -0.2) is 4.98 Å². The third kappa shape index (κ3) is 6.93. The number of rotatable bonds is 11. The summed E-state index contributed by atoms with van der Waals surface area (Å²) in [5.41, 5.74) is 6.88. The van der Waals surface area contributed by atoms with Crippen LogP contribution in [0.1, 0.15) is 70.3 Å². The first-order chi connectivity index (χ1) is 22.0. The van der Waals surface area contributed by atoms with Crippen LogP contribution in [0.2, 0.25) is 0 Å². The smallest absolute Gasteiger partial charge is 0.270 e. The van der Waals surface area contributed by atoms with Crippen molar-refractivity contribution in [3.05, 3.63) is 88.7 Å². The van der Waals surface area contributed by atoms with Crippen LogP contribution >= 0.6 is 0 Å². The number of nitrogens with one attached hydrogen (secondary N) is 3. The molecule has 5 aromatic rings. The number of nitrogens with zero attached hydrogens (tertiary/aromatic N) is 6. The summed E-state index contributed by atoms with van der Waals surface area (Å²) in [6.45, 7) is 8.56. The van der Waals surface area contributed by atoms with Gasteiger partial charge in [-0.2, -0.15) is 5.21 Å². The zero-order valence-electron chi connectivity index (χ0n) is 25.8. The highest BCUT2D eigenvalue weighted by Crippen LogP contribution is 2.27. The van der Waals surface area contributed by atoms with E-state index >= 15 is 0 Å². The van der Waals surface area contributed by atoms with Crippen LogP contribution in [0.5, 0.6) is 0 Å². The van der Waals surface area contributed by atoms with Crippen LogP contribution in [0.4, 0.5) is 5.95 Å². The van der Waals surface area contributed by atoms with Crippen molar-refractivity contribution < 1.29 is 9.59 Å². The van der Waals surface area contributed by atoms with Gasteiger partial charge in [0, 0.05) is 37.2 Å². The molecule has 1 fully saturated rings. The summed E-state index contributed by atoms with van der Waals surface area (Å²) in [5, 5.41) is 19.3. The Balaban J connectivity index is 1.22. The molecule has 6 rings (SSSR count). The highest BCUT2D eigenvalue weighted by molar-refractivity contribution is 6.08. The summed E-state index contributed by atoms with van der Waals surface area (Å²) in [7, 11) is 0. The Morgan fingerprint density at radius 1 is 0.978 bits per heavy atom. The maximum Gasteiger partial charge on any atom is 0.270 e. The van der Waals surface area contributed by atoms with Gasteiger partial charge in [-0.1, -0.05) is 60.9 Å². The number of benzene rings is 3. The first-order valence-electron chi connectivity index (χ1n) is 15.7. The molecule has 0 bridgehead atoms. The van der Waals surface area contributed by atoms with Crippen molar-refractivity contribution in [2.75, 3.05) is 31.5 Å². The molecule has 0 spiro atoms. The maximum absolute atomic E-state index is 13.2. The van der Waals surface area contributed by atoms with Crippen molar-refractivity contribution in [2.45, 2.75) is 52.5 Å². The number of carbonyl (C=O) groups is 2. The zero-order valence-corrected chi connectivity index (χ0v) is 25.8. The van der Waals surface area contributed by atoms with Gasteiger partial charge in [-0.15, -0.1) is 5.10 Å². The number of H-pyrrole nitrogens is 1. The van der Waals surface area contributed by atoms with Crippen molar-refractivity contribution in [1.29, 1.82) is 0 Å². The predicted octanol–water partition coefficient (Wildman–Crippen LogP) is 4.99. The standard InChI is InChI=1S/C34H39N9O2/c1-3-9-30-36-31-23(2)20-26(32(44)35-16-19-42-17-7-4-8-18-42)21-29(31)43(30)22-24-12-14-25(15-13-24)27-10-5-6-11-28(27)33(45)37-34-38-40-41-39-34/h5-6,10-15,20-21H,3-4,7-9,16-19,22H2,1-2H3,(H,35,44)(H2,37,38,39,40,41,45). The van der Waals surface area contributed by atoms with E-state index in [-0.39, 0.29) is 17.8 Å². The quantitative estimate of drug-likeness (QED) is 0.193. The molecule has 2 aromatic heterocycles. The van der Waals surface area contributed by atoms with Crippen LogP contribution in [0, 0.1) is 6.92 Å². The molecular weight excluding hydrogens is 566 g/mol. The number of aromatic amines is 1. The topological polar surface area (TPSA) is 134 Å². The molecule has 0 aliphatic carbocycles. The molecule has 1 aliphatic rings. The molecule has 0 saturated carbocycles. The number of hydrogen-bond donors (Lipinski definition) is 3. The van der Waals surface area contributed by atoms with Gasteiger partial charge in [0.05, 0.1) is 11.0 Å². The average Bonchev–Trinajstić information content (AvgIpc) is 3.70. The van der Waals surface area contributed by atoms with Crippen LogP contribution in [-0.4, -0.2) is 73.1 Å². The summed E-state index contributed by atoms with van der Waals surface area (Å²) in [6, 6.07) is 19.6. The number of tetrazole rings is 1. The minimum atomic E-state index is -0.313. The average molecular weight is 606 g/mol. The van der Waals surface area contributed by atoms with E-state index in [9.17, 15) is 9.59 Å². The minimum Gasteiger partial charge on any atom is -0.351 e. The Labute approximate surface area is 262 Å². The number of aryl methyl sites for hydroxylation is 2. The molecule has 3 heterocycles. The SMILES string of the molecule is CCCc1nc2c(C)cc(C(=O)NCCN3CCCCC3)cc2n1Cc1ccc(-c2ccccc2C(=O)Nc2nn[nH]n2)cc1. The molecule has 3 aromatic carbocycles. The lowest BCUT2D eigenvalue weighted by molar-refractivity contribution is 0.0945. The highest BCUT2D eigenvalue weighted by atomic mass is 16.2. The molecule has 232 valence electrons. The number of aromatic nitrogens is 6. The molecule has 0 atom stereocenters. The predicted molar refractivity (Wildman–Crippen MR) is 174 cm³/mol. The summed E-state index contributed by atoms with van der Waals surface area (Å²) in [4.78, 5) is 33.6. The van der Waals surface area contributed by atoms with E-state index in [1.54, 1.807) is 6.07 Å². The maximum atomic E-state index is 13.2. The number of anilines is 1. The lowest BCUT2D eigenvalue weighted by atomic mass is 9.98. The van der Waals surface area contributed by atoms with Crippen molar-refractivity contribution in [3.63, 3.8) is 0 Å². The summed E-state index contributed by atoms with van der Waals surface area (Å²) >= 11 is 0. The number of likely N-dealkylation sites (tertiary alicyclic amines) is 1. The number of fused-ring (bicyclic) bond motifs is 1. The normalized spacial score (nSPS) is 13.6. The van der Waals surface area contributed by atoms with E-state index < -0.39 is 0 Å². The van der Waals surface area contributed by atoms with Crippen LogP contribution < -0.4 is 10.6 Å². The fraction of sp³-hybridized carbons (Fsp3) is 0.353. The van der Waals surface area contributed by atoms with E-state index in [1.165, 1.54) is 19.3 Å². The second-order valence-corrected chi connectivity index (χ2v) is 11.6. The number of amides is 2. The Kier molecular flexibility index (Phi) is 9.25. The molecule has 1 aliphatic heterocycles. The molecule has 2 amide bonds. The molecule has 0 unspecified atom stereocenters. The van der Waals surface area contributed by atoms with Gasteiger partial charge in [-0.3, -0.25) is 14.9 Å². The molecular formula is C34H39N9O2. The number of hydrogen-bond acceptors (Lipinski definition) is 7. The number of piperidine rings is 1. The molecule has 45 heavy (non-hydrogen) atoms. The van der Waals surface area contributed by atoms with E-state index in [0.717, 1.165) is 71.6 Å². The van der Waals surface area contributed by atoms with E-state index in [4.69, 9.17) is 4.98 Å². The molecule has 3 N–H and O–H groups in total. The first kappa shape index (κ1) is 30.1. The molecule has 1 saturated heterocycles. The van der Waals surface area contributed by atoms with E-state index in [2.05, 4.69) is 59.8 Å². The van der Waals surface area contributed by atoms with E-state index in [0.29, 0.717) is 24.2 Å². The van der Waals surface area contributed by atoms with Gasteiger partial charge < -0.3 is 14.8 Å². The van der Waals surface area contributed by atoms with Gasteiger partial charge in [0.15, 0.2) is 0 Å². The van der Waals surface area contributed by atoms with E-state index in [1.807, 2.05) is 49.4 Å². The monoisotopic (exact) mass is 605 g/mol. The van der Waals surface area contributed by atoms with Crippen LogP contribution in [0.25, 0.3) is 22.2 Å². The fourth-order valence-corrected chi connectivity index (χ4v) is 6.06. The largest absolute Gasteiger partial charge is 0.351 e. The number of carbonyl (C=O) groups excluding carboxylic acids is 2. The fourth-order valence-electron chi connectivity index (χ4n) is 6.06.